The number of imidazole rings is 1. The Morgan fingerprint density at radius 3 is 2.41 bits per heavy atom. The molecule has 4 aliphatic heterocycles. The molecule has 20 nitrogen and oxygen atoms in total. The molecule has 4 aliphatic rings. The molecule has 6 amide bonds. The summed E-state index contributed by atoms with van der Waals surface area (Å²) in [5, 5.41) is 18.7. The number of carbonyl (C=O) groups is 6. The third-order valence-electron chi connectivity index (χ3n) is 13.8. The number of nitrogens with one attached hydrogen (secondary N) is 3. The van der Waals surface area contributed by atoms with Gasteiger partial charge in [-0.25, -0.2) is 28.1 Å². The number of piperidine rings is 3. The van der Waals surface area contributed by atoms with E-state index in [0.29, 0.717) is 80.0 Å². The molecule has 2 aromatic carbocycles. The Hall–Kier alpha value is -7.67. The minimum atomic E-state index is -3.16. The summed E-state index contributed by atoms with van der Waals surface area (Å²) in [5.74, 6) is -3.76. The Balaban J connectivity index is 0.792. The van der Waals surface area contributed by atoms with Crippen molar-refractivity contribution in [2.45, 2.75) is 108 Å². The Bertz CT molecular complexity index is 3010. The number of imide groups is 2. The zero-order valence-corrected chi connectivity index (χ0v) is 39.6. The summed E-state index contributed by atoms with van der Waals surface area (Å²) in [5.41, 5.74) is 7.13. The molecule has 3 atom stereocenters. The van der Waals surface area contributed by atoms with Crippen molar-refractivity contribution in [2.75, 3.05) is 41.7 Å². The number of aliphatic hydroxyl groups excluding tert-OH is 1. The number of alkyl halides is 4. The average Bonchev–Trinajstić information content (AvgIpc) is 3.89. The number of halogens is 5. The van der Waals surface area contributed by atoms with Gasteiger partial charge in [-0.1, -0.05) is 0 Å². The number of nitrogens with zero attached hydrogens (tertiary/aromatic N) is 8. The molecule has 3 fully saturated rings. The van der Waals surface area contributed by atoms with Gasteiger partial charge in [0.1, 0.15) is 35.6 Å². The summed E-state index contributed by atoms with van der Waals surface area (Å²) in [6.07, 6.45) is 2.07. The lowest BCUT2D eigenvalue weighted by molar-refractivity contribution is -0.136. The maximum Gasteiger partial charge on any atom is 0.387 e. The number of rotatable bonds is 17. The lowest BCUT2D eigenvalue weighted by Crippen LogP contribution is -2.63. The van der Waals surface area contributed by atoms with Gasteiger partial charge in [0, 0.05) is 68.8 Å². The Morgan fingerprint density at radius 1 is 0.905 bits per heavy atom. The molecule has 9 rings (SSSR count). The van der Waals surface area contributed by atoms with E-state index in [9.17, 15) is 51.4 Å². The smallest absolute Gasteiger partial charge is 0.387 e. The third-order valence-corrected chi connectivity index (χ3v) is 13.8. The molecule has 3 saturated heterocycles. The number of pyridine rings is 1. The minimum absolute atomic E-state index is 0.00791. The largest absolute Gasteiger partial charge is 0.435 e. The number of aliphatic hydroxyl groups is 1. The van der Waals surface area contributed by atoms with Crippen LogP contribution in [0.5, 0.6) is 5.75 Å². The van der Waals surface area contributed by atoms with Crippen molar-refractivity contribution in [3.05, 3.63) is 83.8 Å². The standard InChI is InChI=1S/C49H51F5N12O8/c50-33-20-29(74-48(53)54)7-9-31(33)34-18-26(36(21-56-34)64-15-3-14-49(55,23-64)41(70)42(51)52)22-65-25-59-40-43(57-24-58-44(40)65)61-27-12-16-63(17-13-27)39(69)5-2-1-4-37(67)60-28-6-8-30-32(19-28)47(73)66(46(30)72)35-10-11-38(68)62-45(35)71/h6-9,18-21,24-25,27,35,41-42,48,70H,1-5,10-17,22-23,55H2,(H,60,67)(H,57,58,61)(H,62,68,71)/t35?,41-,49-/m1/s1. The van der Waals surface area contributed by atoms with Crippen molar-refractivity contribution in [2.24, 2.45) is 5.73 Å². The first kappa shape index (κ1) is 51.2. The second-order valence-corrected chi connectivity index (χ2v) is 18.8. The van der Waals surface area contributed by atoms with Gasteiger partial charge in [-0.3, -0.25) is 44.0 Å². The second kappa shape index (κ2) is 21.4. The van der Waals surface area contributed by atoms with Gasteiger partial charge in [0.15, 0.2) is 11.5 Å². The van der Waals surface area contributed by atoms with E-state index in [1.807, 2.05) is 0 Å². The van der Waals surface area contributed by atoms with E-state index in [-0.39, 0.29) is 96.9 Å². The fourth-order valence-electron chi connectivity index (χ4n) is 9.98. The highest BCUT2D eigenvalue weighted by Gasteiger charge is 2.45. The van der Waals surface area contributed by atoms with E-state index in [1.165, 1.54) is 42.9 Å². The van der Waals surface area contributed by atoms with E-state index in [2.05, 4.69) is 40.6 Å². The lowest BCUT2D eigenvalue weighted by Gasteiger charge is -2.44. The molecule has 7 heterocycles. The van der Waals surface area contributed by atoms with Gasteiger partial charge in [-0.15, -0.1) is 0 Å². The highest BCUT2D eigenvalue weighted by atomic mass is 19.3. The van der Waals surface area contributed by atoms with Gasteiger partial charge in [0.2, 0.25) is 23.6 Å². The zero-order chi connectivity index (χ0) is 52.4. The van der Waals surface area contributed by atoms with Gasteiger partial charge in [-0.2, -0.15) is 8.78 Å². The van der Waals surface area contributed by atoms with Crippen LogP contribution in [0.4, 0.5) is 39.1 Å². The Labute approximate surface area is 418 Å². The van der Waals surface area contributed by atoms with Gasteiger partial charge in [0.05, 0.1) is 47.1 Å². The molecule has 0 aliphatic carbocycles. The summed E-state index contributed by atoms with van der Waals surface area (Å²) in [6.45, 7) is -1.93. The number of carbonyl (C=O) groups excluding carboxylic acids is 6. The van der Waals surface area contributed by atoms with Crippen LogP contribution in [-0.2, 0) is 25.7 Å². The number of nitrogens with two attached hydrogens (primary N) is 1. The lowest BCUT2D eigenvalue weighted by atomic mass is 9.84. The van der Waals surface area contributed by atoms with Gasteiger partial charge in [-0.05, 0) is 86.9 Å². The van der Waals surface area contributed by atoms with Crippen LogP contribution in [0.2, 0.25) is 0 Å². The van der Waals surface area contributed by atoms with Gasteiger partial charge < -0.3 is 40.6 Å². The van der Waals surface area contributed by atoms with Gasteiger partial charge in [0.25, 0.3) is 18.2 Å². The number of benzene rings is 2. The van der Waals surface area contributed by atoms with Crippen molar-refractivity contribution in [3.63, 3.8) is 0 Å². The number of anilines is 3. The first-order valence-electron chi connectivity index (χ1n) is 24.1. The number of likely N-dealkylation sites (tertiary alicyclic amines) is 1. The number of ether oxygens (including phenoxy) is 1. The fraction of sp³-hybridized carbons (Fsp3) is 0.429. The van der Waals surface area contributed by atoms with Crippen LogP contribution >= 0.6 is 0 Å². The predicted octanol–water partition coefficient (Wildman–Crippen LogP) is 4.60. The first-order valence-corrected chi connectivity index (χ1v) is 24.1. The SMILES string of the molecule is N[C@]1([C@H](O)C(F)F)CCCN(c2cnc(-c3ccc(OC(F)F)cc3F)cc2Cn2cnc3c(NC4CCN(C(=O)CCCCC(=O)Nc5ccc6c(c5)C(=O)N(C5CCC(=O)NC5=O)C6=O)CC4)ncnc32)C1. The van der Waals surface area contributed by atoms with Crippen molar-refractivity contribution in [1.29, 1.82) is 0 Å². The summed E-state index contributed by atoms with van der Waals surface area (Å²) in [4.78, 5) is 98.6. The van der Waals surface area contributed by atoms with Gasteiger partial charge >= 0.3 is 6.61 Å². The van der Waals surface area contributed by atoms with Crippen LogP contribution in [-0.4, -0.2) is 138 Å². The van der Waals surface area contributed by atoms with Crippen LogP contribution in [0.3, 0.4) is 0 Å². The summed E-state index contributed by atoms with van der Waals surface area (Å²) < 4.78 is 74.7. The van der Waals surface area contributed by atoms with E-state index < -0.39 is 60.2 Å². The van der Waals surface area contributed by atoms with Crippen molar-refractivity contribution in [1.82, 2.24) is 39.6 Å². The molecule has 74 heavy (non-hydrogen) atoms. The van der Waals surface area contributed by atoms with Crippen LogP contribution < -0.4 is 31.3 Å². The zero-order valence-electron chi connectivity index (χ0n) is 39.6. The van der Waals surface area contributed by atoms with E-state index >= 15 is 4.39 Å². The molecular weight excluding hydrogens is 980 g/mol. The molecule has 0 saturated carbocycles. The molecule has 6 N–H and O–H groups in total. The number of unbranched alkanes of at least 4 members (excludes halogenated alkanes) is 1. The molecule has 1 unspecified atom stereocenters. The molecule has 25 heteroatoms. The molecule has 0 spiro atoms. The fourth-order valence-corrected chi connectivity index (χ4v) is 9.98. The predicted molar refractivity (Wildman–Crippen MR) is 255 cm³/mol. The van der Waals surface area contributed by atoms with Crippen molar-refractivity contribution < 1.29 is 60.6 Å². The Morgan fingerprint density at radius 2 is 1.66 bits per heavy atom. The van der Waals surface area contributed by atoms with E-state index in [0.717, 1.165) is 11.0 Å². The molecule has 0 bridgehead atoms. The number of amides is 6. The number of hydrogen-bond donors (Lipinski definition) is 5. The molecule has 0 radical (unpaired) electrons. The van der Waals surface area contributed by atoms with Crippen molar-refractivity contribution in [3.8, 4) is 17.0 Å². The number of fused-ring (bicyclic) bond motifs is 2. The summed E-state index contributed by atoms with van der Waals surface area (Å²) >= 11 is 0. The quantitative estimate of drug-likeness (QED) is 0.0484. The summed E-state index contributed by atoms with van der Waals surface area (Å²) in [6, 6.07) is 7.94. The first-order chi connectivity index (χ1) is 35.5. The van der Waals surface area contributed by atoms with E-state index in [4.69, 9.17) is 5.73 Å². The third kappa shape index (κ3) is 10.8. The molecule has 3 aromatic heterocycles. The average molecular weight is 1030 g/mol. The van der Waals surface area contributed by atoms with E-state index in [1.54, 1.807) is 26.8 Å². The molecule has 390 valence electrons. The van der Waals surface area contributed by atoms with Crippen molar-refractivity contribution >= 4 is 63.8 Å². The summed E-state index contributed by atoms with van der Waals surface area (Å²) in [7, 11) is 0. The maximum absolute atomic E-state index is 15.4. The van der Waals surface area contributed by atoms with Crippen LogP contribution in [0, 0.1) is 5.82 Å². The topological polar surface area (TPSA) is 260 Å². The minimum Gasteiger partial charge on any atom is -0.435 e. The maximum atomic E-state index is 15.4. The second-order valence-electron chi connectivity index (χ2n) is 18.8. The highest BCUT2D eigenvalue weighted by molar-refractivity contribution is 6.24. The number of hydrogen-bond acceptors (Lipinski definition) is 15. The monoisotopic (exact) mass is 1030 g/mol. The van der Waals surface area contributed by atoms with Crippen LogP contribution in [0.15, 0.2) is 61.3 Å². The highest BCUT2D eigenvalue weighted by Crippen LogP contribution is 2.35. The molecular formula is C49H51F5N12O8. The number of aromatic nitrogens is 5. The van der Waals surface area contributed by atoms with Crippen LogP contribution in [0.1, 0.15) is 90.5 Å². The van der Waals surface area contributed by atoms with Crippen LogP contribution in [0.25, 0.3) is 22.4 Å². The Kier molecular flexibility index (Phi) is 14.8. The molecule has 5 aromatic rings. The normalized spacial score (nSPS) is 19.9.